The summed E-state index contributed by atoms with van der Waals surface area (Å²) in [6.45, 7) is 16.4. The van der Waals surface area contributed by atoms with Crippen LogP contribution in [0.1, 0.15) is 53.9 Å². The van der Waals surface area contributed by atoms with E-state index < -0.39 is 8.32 Å². The summed E-state index contributed by atoms with van der Waals surface area (Å²) in [6, 6.07) is 0. The van der Waals surface area contributed by atoms with Crippen LogP contribution in [-0.4, -0.2) is 27.1 Å². The first-order valence-electron chi connectivity index (χ1n) is 8.23. The van der Waals surface area contributed by atoms with Gasteiger partial charge < -0.3 is 9.16 Å². The number of rotatable bonds is 5. The van der Waals surface area contributed by atoms with E-state index in [0.717, 1.165) is 12.8 Å². The Hall–Kier alpha value is -0.383. The molecule has 0 bridgehead atoms. The third-order valence-electron chi connectivity index (χ3n) is 4.58. The summed E-state index contributed by atoms with van der Waals surface area (Å²) in [5, 5.41) is 0.244. The highest BCUT2D eigenvalue weighted by molar-refractivity contribution is 6.74. The van der Waals surface area contributed by atoms with Crippen molar-refractivity contribution in [3.63, 3.8) is 0 Å². The minimum Gasteiger partial charge on any atom is -0.411 e. The highest BCUT2D eigenvalue weighted by Crippen LogP contribution is 2.38. The molecule has 1 aliphatic rings. The SMILES string of the molecule is CC(C)=CCO[C@H]1C=CCCC[C@@H]1O[Si](C)(C)C(C)(C)C. The monoisotopic (exact) mass is 310 g/mol. The van der Waals surface area contributed by atoms with Crippen LogP contribution >= 0.6 is 0 Å². The molecule has 0 aromatic rings. The van der Waals surface area contributed by atoms with Gasteiger partial charge in [0.2, 0.25) is 0 Å². The molecule has 2 nitrogen and oxygen atoms in total. The first-order chi connectivity index (χ1) is 9.63. The van der Waals surface area contributed by atoms with Crippen molar-refractivity contribution >= 4 is 8.32 Å². The van der Waals surface area contributed by atoms with Gasteiger partial charge >= 0.3 is 0 Å². The van der Waals surface area contributed by atoms with Crippen molar-refractivity contribution in [3.05, 3.63) is 23.8 Å². The van der Waals surface area contributed by atoms with Crippen molar-refractivity contribution in [1.82, 2.24) is 0 Å². The van der Waals surface area contributed by atoms with Gasteiger partial charge in [-0.2, -0.15) is 0 Å². The Balaban J connectivity index is 2.75. The van der Waals surface area contributed by atoms with Crippen molar-refractivity contribution in [1.29, 1.82) is 0 Å². The van der Waals surface area contributed by atoms with Gasteiger partial charge in [-0.1, -0.05) is 44.6 Å². The Kier molecular flexibility index (Phi) is 6.89. The topological polar surface area (TPSA) is 18.5 Å². The van der Waals surface area contributed by atoms with Gasteiger partial charge in [-0.05, 0) is 51.2 Å². The van der Waals surface area contributed by atoms with Gasteiger partial charge in [0.15, 0.2) is 8.32 Å². The molecule has 0 saturated carbocycles. The van der Waals surface area contributed by atoms with E-state index in [1.807, 2.05) is 0 Å². The minimum absolute atomic E-state index is 0.0947. The second kappa shape index (κ2) is 7.75. The fourth-order valence-corrected chi connectivity index (χ4v) is 3.49. The molecule has 0 unspecified atom stereocenters. The molecule has 2 atom stereocenters. The van der Waals surface area contributed by atoms with Gasteiger partial charge in [0, 0.05) is 0 Å². The van der Waals surface area contributed by atoms with Crippen LogP contribution < -0.4 is 0 Å². The van der Waals surface area contributed by atoms with Crippen molar-refractivity contribution in [2.24, 2.45) is 0 Å². The van der Waals surface area contributed by atoms with Crippen LogP contribution in [0.5, 0.6) is 0 Å². The van der Waals surface area contributed by atoms with Crippen LogP contribution in [-0.2, 0) is 9.16 Å². The minimum atomic E-state index is -1.75. The Labute approximate surface area is 132 Å². The molecule has 0 saturated heterocycles. The van der Waals surface area contributed by atoms with Gasteiger partial charge in [0.25, 0.3) is 0 Å². The zero-order chi connectivity index (χ0) is 16.1. The zero-order valence-corrected chi connectivity index (χ0v) is 16.0. The van der Waals surface area contributed by atoms with Crippen LogP contribution in [0, 0.1) is 0 Å². The zero-order valence-electron chi connectivity index (χ0n) is 15.0. The molecule has 1 rings (SSSR count). The summed E-state index contributed by atoms with van der Waals surface area (Å²) in [5.74, 6) is 0. The smallest absolute Gasteiger partial charge is 0.192 e. The van der Waals surface area contributed by atoms with E-state index in [2.05, 4.69) is 65.9 Å². The van der Waals surface area contributed by atoms with Crippen molar-refractivity contribution < 1.29 is 9.16 Å². The molecular weight excluding hydrogens is 276 g/mol. The summed E-state index contributed by atoms with van der Waals surface area (Å²) in [6.07, 6.45) is 10.3. The van der Waals surface area contributed by atoms with E-state index in [4.69, 9.17) is 9.16 Å². The molecule has 3 heteroatoms. The molecule has 0 radical (unpaired) electrons. The average Bonchev–Trinajstić information content (AvgIpc) is 2.53. The lowest BCUT2D eigenvalue weighted by atomic mass is 10.1. The van der Waals surface area contributed by atoms with Crippen LogP contribution in [0.25, 0.3) is 0 Å². The highest BCUT2D eigenvalue weighted by atomic mass is 28.4. The third-order valence-corrected chi connectivity index (χ3v) is 9.09. The normalized spacial score (nSPS) is 23.8. The molecular formula is C18H34O2Si. The fourth-order valence-electron chi connectivity index (χ4n) is 2.13. The van der Waals surface area contributed by atoms with E-state index in [-0.39, 0.29) is 17.2 Å². The van der Waals surface area contributed by atoms with E-state index in [1.165, 1.54) is 12.0 Å². The molecule has 0 fully saturated rings. The van der Waals surface area contributed by atoms with Crippen LogP contribution in [0.15, 0.2) is 23.8 Å². The predicted molar refractivity (Wildman–Crippen MR) is 94.2 cm³/mol. The maximum Gasteiger partial charge on any atom is 0.192 e. The molecule has 0 amide bonds. The molecule has 0 aromatic heterocycles. The second-order valence-electron chi connectivity index (χ2n) is 7.86. The maximum atomic E-state index is 6.64. The maximum absolute atomic E-state index is 6.64. The first kappa shape index (κ1) is 18.7. The third kappa shape index (κ3) is 6.09. The molecule has 0 heterocycles. The van der Waals surface area contributed by atoms with E-state index in [1.54, 1.807) is 0 Å². The molecule has 21 heavy (non-hydrogen) atoms. The lowest BCUT2D eigenvalue weighted by Crippen LogP contribution is -2.47. The van der Waals surface area contributed by atoms with Gasteiger partial charge in [-0.25, -0.2) is 0 Å². The highest BCUT2D eigenvalue weighted by Gasteiger charge is 2.40. The molecule has 1 aliphatic carbocycles. The standard InChI is InChI=1S/C18H34O2Si/c1-15(2)13-14-19-16-11-9-8-10-12-17(16)20-21(6,7)18(3,4)5/h9,11,13,16-17H,8,10,12,14H2,1-7H3/t16-,17-/m0/s1. The summed E-state index contributed by atoms with van der Waals surface area (Å²) >= 11 is 0. The molecule has 122 valence electrons. The lowest BCUT2D eigenvalue weighted by molar-refractivity contribution is 0.00553. The number of ether oxygens (including phenoxy) is 1. The second-order valence-corrected chi connectivity index (χ2v) is 12.6. The van der Waals surface area contributed by atoms with Crippen molar-refractivity contribution in [2.45, 2.75) is 84.2 Å². The van der Waals surface area contributed by atoms with Gasteiger partial charge in [-0.15, -0.1) is 0 Å². The van der Waals surface area contributed by atoms with E-state index >= 15 is 0 Å². The molecule has 0 spiro atoms. The Bertz CT molecular complexity index is 373. The predicted octanol–water partition coefficient (Wildman–Crippen LogP) is 5.47. The number of hydrogen-bond donors (Lipinski definition) is 0. The van der Waals surface area contributed by atoms with Crippen molar-refractivity contribution in [3.8, 4) is 0 Å². The van der Waals surface area contributed by atoms with Crippen LogP contribution in [0.2, 0.25) is 18.1 Å². The summed E-state index contributed by atoms with van der Waals surface area (Å²) < 4.78 is 12.7. The Morgan fingerprint density at radius 2 is 1.95 bits per heavy atom. The molecule has 0 aromatic carbocycles. The average molecular weight is 311 g/mol. The fraction of sp³-hybridized carbons (Fsp3) is 0.778. The van der Waals surface area contributed by atoms with Gasteiger partial charge in [0.05, 0.1) is 12.7 Å². The number of hydrogen-bond acceptors (Lipinski definition) is 2. The molecule has 0 N–H and O–H groups in total. The lowest BCUT2D eigenvalue weighted by Gasteiger charge is -2.40. The Morgan fingerprint density at radius 1 is 1.29 bits per heavy atom. The van der Waals surface area contributed by atoms with Gasteiger partial charge in [-0.3, -0.25) is 0 Å². The van der Waals surface area contributed by atoms with E-state index in [0.29, 0.717) is 6.61 Å². The van der Waals surface area contributed by atoms with E-state index in [9.17, 15) is 0 Å². The van der Waals surface area contributed by atoms with Gasteiger partial charge in [0.1, 0.15) is 6.10 Å². The van der Waals surface area contributed by atoms with Crippen LogP contribution in [0.4, 0.5) is 0 Å². The Morgan fingerprint density at radius 3 is 2.52 bits per heavy atom. The summed E-state index contributed by atoms with van der Waals surface area (Å²) in [4.78, 5) is 0. The molecule has 0 aliphatic heterocycles. The largest absolute Gasteiger partial charge is 0.411 e. The summed E-state index contributed by atoms with van der Waals surface area (Å²) in [5.41, 5.74) is 1.30. The van der Waals surface area contributed by atoms with Crippen LogP contribution in [0.3, 0.4) is 0 Å². The summed E-state index contributed by atoms with van der Waals surface area (Å²) in [7, 11) is -1.75. The first-order valence-corrected chi connectivity index (χ1v) is 11.1. The van der Waals surface area contributed by atoms with Crippen molar-refractivity contribution in [2.75, 3.05) is 6.61 Å². The number of allylic oxidation sites excluding steroid dienone is 2. The quantitative estimate of drug-likeness (QED) is 0.495.